The van der Waals surface area contributed by atoms with Crippen LogP contribution in [-0.2, 0) is 6.54 Å². The maximum absolute atomic E-state index is 5.61. The molecule has 100 valence electrons. The van der Waals surface area contributed by atoms with Crippen LogP contribution < -0.4 is 5.32 Å². The molecule has 2 aliphatic heterocycles. The van der Waals surface area contributed by atoms with Crippen molar-refractivity contribution in [2.75, 3.05) is 13.1 Å². The van der Waals surface area contributed by atoms with Crippen LogP contribution in [0, 0.1) is 13.8 Å². The van der Waals surface area contributed by atoms with Crippen LogP contribution in [0.25, 0.3) is 0 Å². The van der Waals surface area contributed by atoms with Crippen LogP contribution in [0.15, 0.2) is 4.42 Å². The topological polar surface area (TPSA) is 41.3 Å². The summed E-state index contributed by atoms with van der Waals surface area (Å²) in [5, 5.41) is 3.61. The molecule has 4 heteroatoms. The lowest BCUT2D eigenvalue weighted by atomic mass is 9.98. The molecule has 18 heavy (non-hydrogen) atoms. The van der Waals surface area contributed by atoms with Crippen molar-refractivity contribution in [1.82, 2.24) is 15.2 Å². The summed E-state index contributed by atoms with van der Waals surface area (Å²) < 4.78 is 5.61. The second kappa shape index (κ2) is 5.02. The van der Waals surface area contributed by atoms with Gasteiger partial charge in [-0.25, -0.2) is 4.98 Å². The van der Waals surface area contributed by atoms with E-state index in [-0.39, 0.29) is 0 Å². The highest BCUT2D eigenvalue weighted by Crippen LogP contribution is 2.26. The predicted molar refractivity (Wildman–Crippen MR) is 70.4 cm³/mol. The van der Waals surface area contributed by atoms with Crippen LogP contribution in [0.4, 0.5) is 0 Å². The molecule has 0 saturated carbocycles. The second-order valence-electron chi connectivity index (χ2n) is 5.68. The van der Waals surface area contributed by atoms with Gasteiger partial charge < -0.3 is 14.6 Å². The van der Waals surface area contributed by atoms with E-state index in [0.29, 0.717) is 6.04 Å². The van der Waals surface area contributed by atoms with Gasteiger partial charge in [-0.1, -0.05) is 0 Å². The zero-order valence-electron chi connectivity index (χ0n) is 11.4. The number of hydrogen-bond acceptors (Lipinski definition) is 4. The average molecular weight is 249 g/mol. The molecule has 2 fully saturated rings. The van der Waals surface area contributed by atoms with Crippen LogP contribution in [0.5, 0.6) is 0 Å². The minimum absolute atomic E-state index is 0.636. The first kappa shape index (κ1) is 12.2. The molecular weight excluding hydrogens is 226 g/mol. The largest absolute Gasteiger partial charge is 0.444 e. The number of aromatic nitrogens is 1. The highest BCUT2D eigenvalue weighted by atomic mass is 16.4. The summed E-state index contributed by atoms with van der Waals surface area (Å²) in [6, 6.07) is 1.46. The summed E-state index contributed by atoms with van der Waals surface area (Å²) >= 11 is 0. The van der Waals surface area contributed by atoms with Gasteiger partial charge in [0.2, 0.25) is 5.89 Å². The highest BCUT2D eigenvalue weighted by Gasteiger charge is 2.31. The normalized spacial score (nSPS) is 28.6. The molecule has 0 spiro atoms. The fraction of sp³-hybridized carbons (Fsp3) is 0.786. The Hall–Kier alpha value is -0.870. The number of nitrogens with one attached hydrogen (secondary N) is 1. The Balaban J connectivity index is 1.51. The average Bonchev–Trinajstić information content (AvgIpc) is 2.94. The molecule has 3 heterocycles. The number of nitrogens with zero attached hydrogens (tertiary/aromatic N) is 2. The maximum Gasteiger partial charge on any atom is 0.208 e. The molecule has 0 amide bonds. The summed E-state index contributed by atoms with van der Waals surface area (Å²) in [6.45, 7) is 7.32. The fourth-order valence-electron chi connectivity index (χ4n) is 3.26. The molecule has 1 N–H and O–H groups in total. The molecule has 3 rings (SSSR count). The number of rotatable bonds is 3. The summed E-state index contributed by atoms with van der Waals surface area (Å²) in [4.78, 5) is 7.07. The third kappa shape index (κ3) is 2.45. The van der Waals surface area contributed by atoms with E-state index in [1.54, 1.807) is 0 Å². The lowest BCUT2D eigenvalue weighted by molar-refractivity contribution is 0.165. The van der Waals surface area contributed by atoms with Crippen LogP contribution in [0.2, 0.25) is 0 Å². The molecule has 2 aliphatic rings. The Morgan fingerprint density at radius 1 is 1.33 bits per heavy atom. The van der Waals surface area contributed by atoms with E-state index in [9.17, 15) is 0 Å². The van der Waals surface area contributed by atoms with Gasteiger partial charge in [-0.3, -0.25) is 0 Å². The van der Waals surface area contributed by atoms with Gasteiger partial charge in [0.25, 0.3) is 0 Å². The zero-order chi connectivity index (χ0) is 12.5. The quantitative estimate of drug-likeness (QED) is 0.889. The van der Waals surface area contributed by atoms with Gasteiger partial charge in [-0.05, 0) is 52.6 Å². The molecule has 0 aliphatic carbocycles. The van der Waals surface area contributed by atoms with E-state index in [2.05, 4.69) is 15.2 Å². The van der Waals surface area contributed by atoms with Crippen molar-refractivity contribution in [3.63, 3.8) is 0 Å². The molecule has 0 bridgehead atoms. The number of hydrogen-bond donors (Lipinski definition) is 1. The van der Waals surface area contributed by atoms with Gasteiger partial charge in [0, 0.05) is 12.1 Å². The van der Waals surface area contributed by atoms with Gasteiger partial charge in [-0.15, -0.1) is 0 Å². The first-order chi connectivity index (χ1) is 8.72. The standard InChI is InChI=1S/C14H23N3O/c1-10-11(2)18-14(16-10)9-15-12-5-7-17-6-3-4-13(17)8-12/h12-13,15H,3-9H2,1-2H3. The van der Waals surface area contributed by atoms with E-state index < -0.39 is 0 Å². The van der Waals surface area contributed by atoms with Crippen molar-refractivity contribution in [1.29, 1.82) is 0 Å². The first-order valence-electron chi connectivity index (χ1n) is 7.12. The van der Waals surface area contributed by atoms with Crippen molar-refractivity contribution < 1.29 is 4.42 Å². The fourth-order valence-corrected chi connectivity index (χ4v) is 3.26. The Bertz CT molecular complexity index is 396. The van der Waals surface area contributed by atoms with Crippen molar-refractivity contribution in [3.05, 3.63) is 17.3 Å². The monoisotopic (exact) mass is 249 g/mol. The van der Waals surface area contributed by atoms with E-state index in [1.165, 1.54) is 38.8 Å². The van der Waals surface area contributed by atoms with Crippen LogP contribution >= 0.6 is 0 Å². The Morgan fingerprint density at radius 3 is 3.00 bits per heavy atom. The predicted octanol–water partition coefficient (Wildman–Crippen LogP) is 2.01. The minimum atomic E-state index is 0.636. The maximum atomic E-state index is 5.61. The Labute approximate surface area is 109 Å². The molecule has 2 saturated heterocycles. The number of oxazole rings is 1. The molecule has 1 aromatic heterocycles. The van der Waals surface area contributed by atoms with Crippen molar-refractivity contribution in [2.45, 2.75) is 58.2 Å². The minimum Gasteiger partial charge on any atom is -0.444 e. The summed E-state index contributed by atoms with van der Waals surface area (Å²) in [7, 11) is 0. The molecule has 0 radical (unpaired) electrons. The zero-order valence-corrected chi connectivity index (χ0v) is 11.4. The van der Waals surface area contributed by atoms with Crippen molar-refractivity contribution in [3.8, 4) is 0 Å². The van der Waals surface area contributed by atoms with Gasteiger partial charge in [0.1, 0.15) is 5.76 Å². The molecule has 2 atom stereocenters. The van der Waals surface area contributed by atoms with Gasteiger partial charge in [-0.2, -0.15) is 0 Å². The summed E-state index contributed by atoms with van der Waals surface area (Å²) in [5.74, 6) is 1.77. The van der Waals surface area contributed by atoms with E-state index in [1.807, 2.05) is 13.8 Å². The Kier molecular flexibility index (Phi) is 3.39. The third-order valence-electron chi connectivity index (χ3n) is 4.44. The first-order valence-corrected chi connectivity index (χ1v) is 7.12. The van der Waals surface area contributed by atoms with Gasteiger partial charge >= 0.3 is 0 Å². The van der Waals surface area contributed by atoms with Gasteiger partial charge in [0.15, 0.2) is 0 Å². The van der Waals surface area contributed by atoms with E-state index in [4.69, 9.17) is 4.42 Å². The second-order valence-corrected chi connectivity index (χ2v) is 5.68. The molecule has 2 unspecified atom stereocenters. The van der Waals surface area contributed by atoms with Gasteiger partial charge in [0.05, 0.1) is 12.2 Å². The SMILES string of the molecule is Cc1nc(CNC2CCN3CCCC3C2)oc1C. The summed E-state index contributed by atoms with van der Waals surface area (Å²) in [6.07, 6.45) is 5.32. The third-order valence-corrected chi connectivity index (χ3v) is 4.44. The number of aryl methyl sites for hydroxylation is 2. The molecule has 4 nitrogen and oxygen atoms in total. The van der Waals surface area contributed by atoms with Crippen molar-refractivity contribution in [2.24, 2.45) is 0 Å². The smallest absolute Gasteiger partial charge is 0.208 e. The lowest BCUT2D eigenvalue weighted by Gasteiger charge is -2.35. The highest BCUT2D eigenvalue weighted by molar-refractivity contribution is 5.05. The number of fused-ring (bicyclic) bond motifs is 1. The van der Waals surface area contributed by atoms with Crippen LogP contribution in [0.3, 0.4) is 0 Å². The van der Waals surface area contributed by atoms with Crippen molar-refractivity contribution >= 4 is 0 Å². The van der Waals surface area contributed by atoms with Crippen LogP contribution in [0.1, 0.15) is 43.0 Å². The summed E-state index contributed by atoms with van der Waals surface area (Å²) in [5.41, 5.74) is 1.01. The van der Waals surface area contributed by atoms with E-state index in [0.717, 1.165) is 29.9 Å². The lowest BCUT2D eigenvalue weighted by Crippen LogP contribution is -2.45. The number of piperidine rings is 1. The van der Waals surface area contributed by atoms with E-state index >= 15 is 0 Å². The molecule has 1 aromatic rings. The van der Waals surface area contributed by atoms with Crippen LogP contribution in [-0.4, -0.2) is 35.1 Å². The Morgan fingerprint density at radius 2 is 2.22 bits per heavy atom. The molecular formula is C14H23N3O. The molecule has 0 aromatic carbocycles.